The van der Waals surface area contributed by atoms with Crippen LogP contribution in [0.5, 0.6) is 0 Å². The van der Waals surface area contributed by atoms with E-state index in [-0.39, 0.29) is 12.0 Å². The summed E-state index contributed by atoms with van der Waals surface area (Å²) in [5, 5.41) is 7.46. The Bertz CT molecular complexity index is 3040. The number of rotatable bonds is 5. The molecule has 0 spiro atoms. The Balaban J connectivity index is 1.18. The number of pyridine rings is 2. The Hall–Kier alpha value is -6.26. The van der Waals surface area contributed by atoms with Gasteiger partial charge in [-0.3, -0.25) is 0 Å². The van der Waals surface area contributed by atoms with Crippen molar-refractivity contribution in [1.29, 1.82) is 0 Å². The van der Waals surface area contributed by atoms with Gasteiger partial charge in [0.05, 0.1) is 33.4 Å². The summed E-state index contributed by atoms with van der Waals surface area (Å²) in [5.74, 6) is 0.232. The molecule has 0 saturated carbocycles. The van der Waals surface area contributed by atoms with E-state index in [0.717, 1.165) is 29.4 Å². The number of nitrogens with zero attached hydrogens (tertiary/aromatic N) is 3. The van der Waals surface area contributed by atoms with Gasteiger partial charge >= 0.3 is 0 Å². The van der Waals surface area contributed by atoms with E-state index in [9.17, 15) is 0 Å². The van der Waals surface area contributed by atoms with Crippen LogP contribution in [0.3, 0.4) is 0 Å². The van der Waals surface area contributed by atoms with Crippen LogP contribution >= 0.6 is 0 Å². The van der Waals surface area contributed by atoms with Crippen LogP contribution in [-0.4, -0.2) is 4.40 Å². The van der Waals surface area contributed by atoms with Crippen molar-refractivity contribution >= 4 is 60.0 Å². The molecule has 1 aliphatic heterocycles. The summed E-state index contributed by atoms with van der Waals surface area (Å²) >= 11 is 0. The fraction of sp³-hybridized carbons (Fsp3) is 0.106. The van der Waals surface area contributed by atoms with Gasteiger partial charge in [0.1, 0.15) is 18.2 Å². The van der Waals surface area contributed by atoms with Crippen LogP contribution in [0.4, 0.5) is 0 Å². The van der Waals surface area contributed by atoms with Crippen LogP contribution < -0.4 is 9.13 Å². The molecule has 0 N–H and O–H groups in total. The third-order valence-electron chi connectivity index (χ3n) is 11.6. The summed E-state index contributed by atoms with van der Waals surface area (Å²) < 4.78 is 13.6. The molecule has 51 heavy (non-hydrogen) atoms. The van der Waals surface area contributed by atoms with Crippen molar-refractivity contribution in [3.8, 4) is 22.5 Å². The molecule has 11 rings (SSSR count). The number of hydrogen-bond acceptors (Lipinski definition) is 1. The van der Waals surface area contributed by atoms with Gasteiger partial charge < -0.3 is 8.82 Å². The zero-order chi connectivity index (χ0) is 33.8. The normalized spacial score (nSPS) is 15.8. The maximum Gasteiger partial charge on any atom is 0.213 e. The minimum Gasteiger partial charge on any atom is -0.456 e. The molecule has 0 aliphatic carbocycles. The number of allylic oxidation sites excluding steroid dienone is 1. The number of aromatic nitrogens is 3. The number of benzene rings is 5. The van der Waals surface area contributed by atoms with Crippen molar-refractivity contribution in [2.75, 3.05) is 0 Å². The van der Waals surface area contributed by atoms with E-state index < -0.39 is 0 Å². The molecule has 0 bridgehead atoms. The highest BCUT2D eigenvalue weighted by molar-refractivity contribution is 6.30. The van der Waals surface area contributed by atoms with Gasteiger partial charge in [0, 0.05) is 56.8 Å². The van der Waals surface area contributed by atoms with Crippen LogP contribution in [0.1, 0.15) is 29.5 Å². The molecule has 1 aliphatic rings. The maximum atomic E-state index is 6.43. The molecule has 2 unspecified atom stereocenters. The smallest absolute Gasteiger partial charge is 0.213 e. The fourth-order valence-corrected chi connectivity index (χ4v) is 9.38. The van der Waals surface area contributed by atoms with Gasteiger partial charge in [-0.05, 0) is 78.6 Å². The van der Waals surface area contributed by atoms with E-state index in [0.29, 0.717) is 0 Å². The molecule has 4 heteroatoms. The second-order valence-corrected chi connectivity index (χ2v) is 14.1. The van der Waals surface area contributed by atoms with Crippen molar-refractivity contribution in [3.63, 3.8) is 0 Å². The lowest BCUT2D eigenvalue weighted by atomic mass is 9.78. The first kappa shape index (κ1) is 28.6. The Labute approximate surface area is 295 Å². The Kier molecular flexibility index (Phi) is 5.95. The second-order valence-electron chi connectivity index (χ2n) is 14.1. The van der Waals surface area contributed by atoms with Crippen LogP contribution in [0.25, 0.3) is 82.5 Å². The molecule has 0 saturated heterocycles. The molecule has 6 heterocycles. The van der Waals surface area contributed by atoms with Crippen LogP contribution in [0, 0.1) is 0 Å². The van der Waals surface area contributed by atoms with Crippen molar-refractivity contribution < 1.29 is 13.6 Å². The lowest BCUT2D eigenvalue weighted by Crippen LogP contribution is -2.46. The van der Waals surface area contributed by atoms with Gasteiger partial charge in [-0.1, -0.05) is 61.2 Å². The van der Waals surface area contributed by atoms with Crippen LogP contribution in [0.2, 0.25) is 0 Å². The van der Waals surface area contributed by atoms with Crippen LogP contribution in [-0.2, 0) is 13.5 Å². The van der Waals surface area contributed by atoms with E-state index in [2.05, 4.69) is 173 Å². The molecule has 5 aromatic carbocycles. The molecule has 242 valence electrons. The standard InChI is InChI=1S/C47H35N3O/c1-3-39-31(22-21-29-13-4-5-14-30(29)40-18-8-10-25-48(40)2)36-28-42-37(27-38(36)41-19-9-11-26-49(39)41)33-17-12-16-32-34-23-24-44-45(47(34)50(42)46(32)33)35-15-6-7-20-43(35)51-44/h3-20,23-28,31,39H,1,21-22H2,2H3/q+2. The number of hydrogen-bond donors (Lipinski definition) is 0. The van der Waals surface area contributed by atoms with Gasteiger partial charge in [-0.2, -0.15) is 4.57 Å². The lowest BCUT2D eigenvalue weighted by molar-refractivity contribution is -0.707. The number of furan rings is 1. The van der Waals surface area contributed by atoms with E-state index in [1.165, 1.54) is 77.1 Å². The highest BCUT2D eigenvalue weighted by Gasteiger charge is 2.39. The molecular formula is C47H35N3O+2. The topological polar surface area (TPSA) is 25.3 Å². The van der Waals surface area contributed by atoms with Crippen molar-refractivity contribution in [3.05, 3.63) is 164 Å². The van der Waals surface area contributed by atoms with Gasteiger partial charge in [-0.25, -0.2) is 4.57 Å². The largest absolute Gasteiger partial charge is 0.456 e. The third-order valence-corrected chi connectivity index (χ3v) is 11.6. The highest BCUT2D eigenvalue weighted by atomic mass is 16.3. The van der Waals surface area contributed by atoms with Crippen molar-refractivity contribution in [2.45, 2.75) is 24.8 Å². The Morgan fingerprint density at radius 2 is 1.41 bits per heavy atom. The van der Waals surface area contributed by atoms with E-state index in [4.69, 9.17) is 4.42 Å². The molecule has 0 fully saturated rings. The molecule has 0 radical (unpaired) electrons. The zero-order valence-electron chi connectivity index (χ0n) is 28.4. The first-order chi connectivity index (χ1) is 25.2. The molecular weight excluding hydrogens is 623 g/mol. The number of para-hydroxylation sites is 2. The van der Waals surface area contributed by atoms with Gasteiger partial charge in [0.25, 0.3) is 0 Å². The average Bonchev–Trinajstić information content (AvgIpc) is 3.83. The first-order valence-electron chi connectivity index (χ1n) is 17.9. The summed E-state index contributed by atoms with van der Waals surface area (Å²) in [6, 6.07) is 46.7. The minimum absolute atomic E-state index is 0.126. The summed E-state index contributed by atoms with van der Waals surface area (Å²) in [6.07, 6.45) is 8.47. The Morgan fingerprint density at radius 3 is 2.29 bits per heavy atom. The Morgan fingerprint density at radius 1 is 0.667 bits per heavy atom. The summed E-state index contributed by atoms with van der Waals surface area (Å²) in [6.45, 7) is 4.42. The lowest BCUT2D eigenvalue weighted by Gasteiger charge is -2.29. The first-order valence-corrected chi connectivity index (χ1v) is 17.9. The summed E-state index contributed by atoms with van der Waals surface area (Å²) in [5.41, 5.74) is 13.4. The van der Waals surface area contributed by atoms with Gasteiger partial charge in [-0.15, -0.1) is 0 Å². The molecule has 0 amide bonds. The minimum atomic E-state index is 0.126. The second kappa shape index (κ2) is 10.6. The highest BCUT2D eigenvalue weighted by Crippen LogP contribution is 2.48. The summed E-state index contributed by atoms with van der Waals surface area (Å²) in [7, 11) is 2.13. The molecule has 5 aromatic heterocycles. The fourth-order valence-electron chi connectivity index (χ4n) is 9.38. The predicted octanol–water partition coefficient (Wildman–Crippen LogP) is 10.6. The molecule has 4 nitrogen and oxygen atoms in total. The monoisotopic (exact) mass is 657 g/mol. The van der Waals surface area contributed by atoms with Crippen molar-refractivity contribution in [1.82, 2.24) is 4.40 Å². The molecule has 2 atom stereocenters. The van der Waals surface area contributed by atoms with Gasteiger partial charge in [0.15, 0.2) is 18.4 Å². The van der Waals surface area contributed by atoms with Gasteiger partial charge in [0.2, 0.25) is 11.4 Å². The average molecular weight is 658 g/mol. The van der Waals surface area contributed by atoms with E-state index >= 15 is 0 Å². The van der Waals surface area contributed by atoms with E-state index in [1.807, 2.05) is 0 Å². The zero-order valence-corrected chi connectivity index (χ0v) is 28.4. The molecule has 10 aromatic rings. The van der Waals surface area contributed by atoms with E-state index in [1.54, 1.807) is 0 Å². The maximum absolute atomic E-state index is 6.43. The number of fused-ring (bicyclic) bond motifs is 13. The SMILES string of the molecule is C=CC1C(CCc2ccccc2-c2cccc[n+]2C)c2cc3c(cc2-c2cccc[n+]21)c1cccc2c4ccc5oc6ccccc6c5c4n3c12. The third kappa shape index (κ3) is 3.90. The van der Waals surface area contributed by atoms with Crippen LogP contribution in [0.15, 0.2) is 157 Å². The number of aryl methyl sites for hydroxylation is 2. The summed E-state index contributed by atoms with van der Waals surface area (Å²) in [4.78, 5) is 0. The quantitative estimate of drug-likeness (QED) is 0.134. The van der Waals surface area contributed by atoms with Crippen molar-refractivity contribution in [2.24, 2.45) is 7.05 Å². The predicted molar refractivity (Wildman–Crippen MR) is 207 cm³/mol.